The Morgan fingerprint density at radius 2 is 2.00 bits per heavy atom. The highest BCUT2D eigenvalue weighted by atomic mass is 16.6. The van der Waals surface area contributed by atoms with Crippen LogP contribution in [0.1, 0.15) is 12.2 Å². The monoisotopic (exact) mass is 387 g/mol. The summed E-state index contributed by atoms with van der Waals surface area (Å²) in [7, 11) is 0.973. The maximum absolute atomic E-state index is 12.1. The molecule has 0 spiro atoms. The van der Waals surface area contributed by atoms with Crippen LogP contribution in [0.4, 0.5) is 5.82 Å². The molecular weight excluding hydrogens is 370 g/mol. The molecule has 0 saturated carbocycles. The van der Waals surface area contributed by atoms with Crippen molar-refractivity contribution in [2.75, 3.05) is 7.11 Å². The van der Waals surface area contributed by atoms with Crippen LogP contribution in [0.15, 0.2) is 6.20 Å². The highest BCUT2D eigenvalue weighted by Crippen LogP contribution is 2.13. The molecule has 1 amide bonds. The van der Waals surface area contributed by atoms with E-state index in [2.05, 4.69) is 20.4 Å². The molecule has 0 bridgehead atoms. The minimum absolute atomic E-state index is 0.161. The number of carbonyl (C=O) groups is 4. The first-order chi connectivity index (χ1) is 12.6. The first-order valence-electron chi connectivity index (χ1n) is 7.31. The second-order valence-electron chi connectivity index (χ2n) is 5.19. The minimum Gasteiger partial charge on any atom is -0.481 e. The molecule has 14 nitrogen and oxygen atoms in total. The van der Waals surface area contributed by atoms with E-state index in [9.17, 15) is 29.3 Å². The van der Waals surface area contributed by atoms with Gasteiger partial charge >= 0.3 is 23.7 Å². The van der Waals surface area contributed by atoms with Gasteiger partial charge in [-0.1, -0.05) is 0 Å². The predicted octanol–water partition coefficient (Wildman–Crippen LogP) is -1.77. The van der Waals surface area contributed by atoms with Crippen molar-refractivity contribution in [3.05, 3.63) is 22.1 Å². The van der Waals surface area contributed by atoms with Crippen LogP contribution in [0.3, 0.4) is 0 Å². The van der Waals surface area contributed by atoms with E-state index in [1.807, 2.05) is 0 Å². The summed E-state index contributed by atoms with van der Waals surface area (Å²) < 4.78 is 5.40. The fourth-order valence-electron chi connectivity index (χ4n) is 2.03. The molecule has 0 aromatic carbocycles. The van der Waals surface area contributed by atoms with Gasteiger partial charge in [0.1, 0.15) is 12.2 Å². The average Bonchev–Trinajstić information content (AvgIpc) is 2.93. The summed E-state index contributed by atoms with van der Waals surface area (Å²) in [6, 6.07) is -1.70. The van der Waals surface area contributed by atoms with Crippen molar-refractivity contribution < 1.29 is 39.1 Å². The van der Waals surface area contributed by atoms with Crippen molar-refractivity contribution in [3.63, 3.8) is 0 Å². The number of amides is 1. The van der Waals surface area contributed by atoms with Gasteiger partial charge in [0.25, 0.3) is 5.91 Å². The minimum atomic E-state index is -1.70. The molecule has 4 N–H and O–H groups in total. The summed E-state index contributed by atoms with van der Waals surface area (Å²) in [5, 5.41) is 32.9. The normalized spacial score (nSPS) is 12.7. The molecule has 27 heavy (non-hydrogen) atoms. The van der Waals surface area contributed by atoms with Gasteiger partial charge in [0, 0.05) is 6.92 Å². The number of carboxylic acids is 2. The van der Waals surface area contributed by atoms with Crippen molar-refractivity contribution >= 4 is 29.6 Å². The highest BCUT2D eigenvalue weighted by Gasteiger charge is 2.31. The zero-order valence-corrected chi connectivity index (χ0v) is 14.2. The van der Waals surface area contributed by atoms with Crippen LogP contribution in [0.25, 0.3) is 0 Å². The number of hydrogen-bond donors (Lipinski definition) is 4. The molecule has 1 heterocycles. The zero-order chi connectivity index (χ0) is 20.7. The third-order valence-electron chi connectivity index (χ3n) is 3.31. The third-order valence-corrected chi connectivity index (χ3v) is 3.31. The number of ether oxygens (including phenoxy) is 1. The summed E-state index contributed by atoms with van der Waals surface area (Å²) in [5.74, 6) is -5.30. The molecule has 1 rings (SSSR count). The molecular formula is C13H17N5O9. The fourth-order valence-corrected chi connectivity index (χ4v) is 2.03. The van der Waals surface area contributed by atoms with Gasteiger partial charge in [-0.15, -0.1) is 0 Å². The molecule has 1 unspecified atom stereocenters. The molecule has 0 radical (unpaired) electrons. The van der Waals surface area contributed by atoms with E-state index in [0.717, 1.165) is 17.9 Å². The van der Waals surface area contributed by atoms with Crippen LogP contribution in [0.2, 0.25) is 0 Å². The van der Waals surface area contributed by atoms with Crippen LogP contribution in [-0.2, 0) is 30.5 Å². The smallest absolute Gasteiger partial charge is 0.343 e. The Balaban J connectivity index is 2.93. The summed E-state index contributed by atoms with van der Waals surface area (Å²) in [5.41, 5.74) is 0. The van der Waals surface area contributed by atoms with Crippen LogP contribution in [0.5, 0.6) is 0 Å². The number of aliphatic carboxylic acids is 2. The standard InChI is InChI=1S/C13H17N5O9/c1-6-14-4-9(18(25)26)17(6)5-8(19)16-11(13(24)27-2)15-7(12(22)23)3-10(20)21/h4,7,11,15H,3,5H2,1-2H3,(H,16,19)(H,20,21)(H,22,23)/t7-,11?/m0/s1. The molecule has 1 aromatic heterocycles. The second kappa shape index (κ2) is 9.23. The van der Waals surface area contributed by atoms with Crippen LogP contribution in [-0.4, -0.2) is 67.8 Å². The van der Waals surface area contributed by atoms with E-state index in [0.29, 0.717) is 0 Å². The van der Waals surface area contributed by atoms with Gasteiger partial charge in [-0.3, -0.25) is 19.7 Å². The van der Waals surface area contributed by atoms with Gasteiger partial charge in [-0.05, 0) is 4.92 Å². The molecule has 0 aliphatic carbocycles. The number of carbonyl (C=O) groups excluding carboxylic acids is 2. The number of imidazole rings is 1. The molecule has 148 valence electrons. The summed E-state index contributed by atoms with van der Waals surface area (Å²) in [6.45, 7) is 0.831. The average molecular weight is 387 g/mol. The molecule has 1 aromatic rings. The topological polar surface area (TPSA) is 203 Å². The van der Waals surface area contributed by atoms with Crippen LogP contribution >= 0.6 is 0 Å². The Kier molecular flexibility index (Phi) is 7.35. The lowest BCUT2D eigenvalue weighted by Gasteiger charge is -2.21. The van der Waals surface area contributed by atoms with Crippen molar-refractivity contribution in [3.8, 4) is 0 Å². The van der Waals surface area contributed by atoms with Crippen molar-refractivity contribution in [1.82, 2.24) is 20.2 Å². The number of aromatic nitrogens is 2. The van der Waals surface area contributed by atoms with Gasteiger partial charge < -0.3 is 30.4 Å². The number of nitrogens with zero attached hydrogens (tertiary/aromatic N) is 3. The summed E-state index contributed by atoms with van der Waals surface area (Å²) >= 11 is 0. The number of rotatable bonds is 10. The van der Waals surface area contributed by atoms with E-state index < -0.39 is 59.7 Å². The first-order valence-corrected chi connectivity index (χ1v) is 7.31. The Morgan fingerprint density at radius 1 is 1.37 bits per heavy atom. The number of methoxy groups -OCH3 is 1. The Labute approximate surface area is 151 Å². The van der Waals surface area contributed by atoms with E-state index in [4.69, 9.17) is 10.2 Å². The highest BCUT2D eigenvalue weighted by molar-refractivity contribution is 5.86. The van der Waals surface area contributed by atoms with Crippen molar-refractivity contribution in [1.29, 1.82) is 0 Å². The zero-order valence-electron chi connectivity index (χ0n) is 14.2. The number of carboxylic acid groups (broad SMARTS) is 2. The van der Waals surface area contributed by atoms with Gasteiger partial charge in [-0.25, -0.2) is 14.3 Å². The predicted molar refractivity (Wildman–Crippen MR) is 84.4 cm³/mol. The lowest BCUT2D eigenvalue weighted by atomic mass is 10.2. The lowest BCUT2D eigenvalue weighted by Crippen LogP contribution is -2.57. The second-order valence-corrected chi connectivity index (χ2v) is 5.19. The van der Waals surface area contributed by atoms with Crippen LogP contribution in [0, 0.1) is 17.0 Å². The maximum atomic E-state index is 12.1. The molecule has 0 aliphatic rings. The van der Waals surface area contributed by atoms with Gasteiger partial charge in [-0.2, -0.15) is 0 Å². The van der Waals surface area contributed by atoms with E-state index in [-0.39, 0.29) is 5.82 Å². The van der Waals surface area contributed by atoms with E-state index >= 15 is 0 Å². The Bertz CT molecular complexity index is 759. The van der Waals surface area contributed by atoms with Gasteiger partial charge in [0.15, 0.2) is 18.5 Å². The molecule has 0 fully saturated rings. The number of aryl methyl sites for hydroxylation is 1. The third kappa shape index (κ3) is 6.03. The number of esters is 1. The van der Waals surface area contributed by atoms with E-state index in [1.165, 1.54) is 6.92 Å². The summed E-state index contributed by atoms with van der Waals surface area (Å²) in [4.78, 5) is 59.6. The molecule has 2 atom stereocenters. The SMILES string of the molecule is COC(=O)C(NC(=O)Cn1c([N+](=O)[O-])cnc1C)N[C@@H](CC(=O)O)C(=O)O. The molecule has 0 saturated heterocycles. The first kappa shape index (κ1) is 21.5. The Hall–Kier alpha value is -3.55. The quantitative estimate of drug-likeness (QED) is 0.153. The maximum Gasteiger partial charge on any atom is 0.343 e. The lowest BCUT2D eigenvalue weighted by molar-refractivity contribution is -0.392. The van der Waals surface area contributed by atoms with Crippen molar-refractivity contribution in [2.45, 2.75) is 32.1 Å². The molecule has 14 heteroatoms. The van der Waals surface area contributed by atoms with Crippen LogP contribution < -0.4 is 10.6 Å². The van der Waals surface area contributed by atoms with E-state index in [1.54, 1.807) is 0 Å². The fraction of sp³-hybridized carbons (Fsp3) is 0.462. The largest absolute Gasteiger partial charge is 0.481 e. The number of nitro groups is 1. The van der Waals surface area contributed by atoms with Gasteiger partial charge in [0.05, 0.1) is 13.5 Å². The molecule has 0 aliphatic heterocycles. The Morgan fingerprint density at radius 3 is 2.48 bits per heavy atom. The number of nitrogens with one attached hydrogen (secondary N) is 2. The summed E-state index contributed by atoms with van der Waals surface area (Å²) in [6.07, 6.45) is -1.61. The van der Waals surface area contributed by atoms with Gasteiger partial charge in [0.2, 0.25) is 0 Å². The number of hydrogen-bond acceptors (Lipinski definition) is 9. The van der Waals surface area contributed by atoms with Crippen molar-refractivity contribution in [2.24, 2.45) is 0 Å².